The van der Waals surface area contributed by atoms with Gasteiger partial charge in [0, 0.05) is 18.7 Å². The van der Waals surface area contributed by atoms with Crippen molar-refractivity contribution in [2.24, 2.45) is 5.73 Å². The molecule has 1 aromatic carbocycles. The molecule has 0 unspecified atom stereocenters. The Morgan fingerprint density at radius 3 is 2.72 bits per heavy atom. The zero-order valence-corrected chi connectivity index (χ0v) is 20.6. The highest BCUT2D eigenvalue weighted by atomic mass is 19.1. The van der Waals surface area contributed by atoms with Crippen LogP contribution >= 0.6 is 0 Å². The SMILES string of the molecule is CC(C)OC[C@@]1(N)CCCN(c2cnc(-c3ccc(F)cc3)cc2Cn2cnc3c(N)ncnc32)C1. The normalized spacial score (nSPS) is 18.3. The number of benzene rings is 1. The van der Waals surface area contributed by atoms with E-state index < -0.39 is 5.54 Å². The first-order chi connectivity index (χ1) is 17.3. The lowest BCUT2D eigenvalue weighted by Crippen LogP contribution is -2.57. The Labute approximate surface area is 209 Å². The van der Waals surface area contributed by atoms with Gasteiger partial charge in [-0.25, -0.2) is 19.3 Å². The van der Waals surface area contributed by atoms with Gasteiger partial charge < -0.3 is 25.7 Å². The Kier molecular flexibility index (Phi) is 6.55. The predicted octanol–water partition coefficient (Wildman–Crippen LogP) is 3.38. The molecule has 4 heterocycles. The first-order valence-electron chi connectivity index (χ1n) is 12.1. The highest BCUT2D eigenvalue weighted by molar-refractivity contribution is 5.81. The van der Waals surface area contributed by atoms with Gasteiger partial charge in [-0.2, -0.15) is 0 Å². The Morgan fingerprint density at radius 2 is 1.94 bits per heavy atom. The number of imidazole rings is 1. The maximum atomic E-state index is 13.5. The van der Waals surface area contributed by atoms with Gasteiger partial charge in [-0.05, 0) is 62.6 Å². The van der Waals surface area contributed by atoms with E-state index >= 15 is 0 Å². The molecule has 5 rings (SSSR count). The number of anilines is 2. The third-order valence-corrected chi connectivity index (χ3v) is 6.53. The Morgan fingerprint density at radius 1 is 1.14 bits per heavy atom. The fourth-order valence-corrected chi connectivity index (χ4v) is 4.69. The van der Waals surface area contributed by atoms with E-state index in [9.17, 15) is 4.39 Å². The maximum absolute atomic E-state index is 13.5. The zero-order valence-electron chi connectivity index (χ0n) is 20.6. The molecule has 9 nitrogen and oxygen atoms in total. The number of nitrogen functional groups attached to an aromatic ring is 1. The van der Waals surface area contributed by atoms with Crippen molar-refractivity contribution in [3.63, 3.8) is 0 Å². The smallest absolute Gasteiger partial charge is 0.165 e. The van der Waals surface area contributed by atoms with Crippen LogP contribution in [0.1, 0.15) is 32.3 Å². The molecule has 0 amide bonds. The number of nitrogens with two attached hydrogens (primary N) is 2. The van der Waals surface area contributed by atoms with E-state index in [-0.39, 0.29) is 11.9 Å². The highest BCUT2D eigenvalue weighted by Crippen LogP contribution is 2.31. The van der Waals surface area contributed by atoms with Crippen molar-refractivity contribution >= 4 is 22.7 Å². The minimum absolute atomic E-state index is 0.122. The first-order valence-corrected chi connectivity index (χ1v) is 12.1. The summed E-state index contributed by atoms with van der Waals surface area (Å²) in [4.78, 5) is 19.9. The summed E-state index contributed by atoms with van der Waals surface area (Å²) in [6, 6.07) is 8.38. The zero-order chi connectivity index (χ0) is 25.3. The van der Waals surface area contributed by atoms with Crippen molar-refractivity contribution in [1.82, 2.24) is 24.5 Å². The third-order valence-electron chi connectivity index (χ3n) is 6.53. The molecule has 4 N–H and O–H groups in total. The standard InChI is InChI=1S/C26H31FN8O/c1-17(2)36-14-26(29)8-3-9-34(13-26)22-11-30-21(18-4-6-20(27)7-5-18)10-19(22)12-35-16-33-23-24(28)31-15-32-25(23)35/h4-7,10-11,15-17H,3,8-9,12-14,29H2,1-2H3,(H2,28,31,32)/t26-/m1/s1. The fourth-order valence-electron chi connectivity index (χ4n) is 4.69. The molecule has 1 atom stereocenters. The number of ether oxygens (including phenoxy) is 1. The van der Waals surface area contributed by atoms with Crippen LogP contribution in [0.4, 0.5) is 15.9 Å². The van der Waals surface area contributed by atoms with Crippen LogP contribution in [0, 0.1) is 5.82 Å². The number of halogens is 1. The van der Waals surface area contributed by atoms with Gasteiger partial charge in [0.15, 0.2) is 11.5 Å². The minimum atomic E-state index is -0.446. The van der Waals surface area contributed by atoms with Gasteiger partial charge in [-0.15, -0.1) is 0 Å². The number of piperidine rings is 1. The van der Waals surface area contributed by atoms with E-state index in [0.717, 1.165) is 41.9 Å². The number of nitrogens with zero attached hydrogens (tertiary/aromatic N) is 6. The molecule has 0 radical (unpaired) electrons. The summed E-state index contributed by atoms with van der Waals surface area (Å²) in [6.07, 6.45) is 7.01. The first kappa shape index (κ1) is 24.1. The molecule has 1 saturated heterocycles. The van der Waals surface area contributed by atoms with Gasteiger partial charge >= 0.3 is 0 Å². The van der Waals surface area contributed by atoms with E-state index in [1.54, 1.807) is 18.5 Å². The number of aromatic nitrogens is 5. The van der Waals surface area contributed by atoms with Crippen molar-refractivity contribution in [1.29, 1.82) is 0 Å². The average Bonchev–Trinajstić information content (AvgIpc) is 3.27. The van der Waals surface area contributed by atoms with Gasteiger partial charge in [-0.3, -0.25) is 4.98 Å². The molecule has 1 aliphatic heterocycles. The topological polar surface area (TPSA) is 121 Å². The van der Waals surface area contributed by atoms with Crippen molar-refractivity contribution in [3.8, 4) is 11.3 Å². The molecule has 1 fully saturated rings. The van der Waals surface area contributed by atoms with Gasteiger partial charge in [0.2, 0.25) is 0 Å². The molecule has 188 valence electrons. The van der Waals surface area contributed by atoms with E-state index in [1.165, 1.54) is 18.5 Å². The van der Waals surface area contributed by atoms with Crippen LogP contribution < -0.4 is 16.4 Å². The minimum Gasteiger partial charge on any atom is -0.382 e. The van der Waals surface area contributed by atoms with Gasteiger partial charge in [0.05, 0.1) is 48.7 Å². The van der Waals surface area contributed by atoms with Gasteiger partial charge in [0.1, 0.15) is 17.7 Å². The lowest BCUT2D eigenvalue weighted by molar-refractivity contribution is 0.0354. The van der Waals surface area contributed by atoms with Crippen LogP contribution in [0.3, 0.4) is 0 Å². The van der Waals surface area contributed by atoms with Crippen molar-refractivity contribution < 1.29 is 9.13 Å². The van der Waals surface area contributed by atoms with E-state index in [2.05, 4.69) is 19.9 Å². The van der Waals surface area contributed by atoms with Crippen molar-refractivity contribution in [3.05, 3.63) is 60.6 Å². The molecule has 36 heavy (non-hydrogen) atoms. The molecule has 4 aromatic rings. The number of fused-ring (bicyclic) bond motifs is 1. The van der Waals surface area contributed by atoms with E-state index in [0.29, 0.717) is 36.7 Å². The number of pyridine rings is 1. The number of hydrogen-bond acceptors (Lipinski definition) is 8. The molecule has 3 aromatic heterocycles. The predicted molar refractivity (Wildman–Crippen MR) is 138 cm³/mol. The molecule has 0 saturated carbocycles. The lowest BCUT2D eigenvalue weighted by Gasteiger charge is -2.42. The summed E-state index contributed by atoms with van der Waals surface area (Å²) in [5.41, 5.74) is 17.2. The largest absolute Gasteiger partial charge is 0.382 e. The average molecular weight is 491 g/mol. The second kappa shape index (κ2) is 9.79. The number of rotatable bonds is 7. The second-order valence-electron chi connectivity index (χ2n) is 9.76. The second-order valence-corrected chi connectivity index (χ2v) is 9.76. The monoisotopic (exact) mass is 490 g/mol. The molecule has 0 bridgehead atoms. The summed E-state index contributed by atoms with van der Waals surface area (Å²) in [6.45, 7) is 6.56. The molecule has 1 aliphatic rings. The van der Waals surface area contributed by atoms with Crippen LogP contribution in [-0.4, -0.2) is 55.8 Å². The Balaban J connectivity index is 1.53. The molecule has 0 spiro atoms. The number of hydrogen-bond donors (Lipinski definition) is 2. The van der Waals surface area contributed by atoms with Crippen molar-refractivity contribution in [2.75, 3.05) is 30.3 Å². The van der Waals surface area contributed by atoms with Crippen LogP contribution in [-0.2, 0) is 11.3 Å². The highest BCUT2D eigenvalue weighted by Gasteiger charge is 2.33. The third kappa shape index (κ3) is 5.00. The fraction of sp³-hybridized carbons (Fsp3) is 0.385. The Hall–Kier alpha value is -3.63. The summed E-state index contributed by atoms with van der Waals surface area (Å²) in [7, 11) is 0. The molecular formula is C26H31FN8O. The summed E-state index contributed by atoms with van der Waals surface area (Å²) >= 11 is 0. The molecule has 0 aliphatic carbocycles. The van der Waals surface area contributed by atoms with Gasteiger partial charge in [-0.1, -0.05) is 0 Å². The van der Waals surface area contributed by atoms with Crippen LogP contribution in [0.25, 0.3) is 22.4 Å². The maximum Gasteiger partial charge on any atom is 0.165 e. The summed E-state index contributed by atoms with van der Waals surface area (Å²) in [5.74, 6) is 0.0590. The lowest BCUT2D eigenvalue weighted by atomic mass is 9.90. The quantitative estimate of drug-likeness (QED) is 0.404. The summed E-state index contributed by atoms with van der Waals surface area (Å²) in [5, 5.41) is 0. The summed E-state index contributed by atoms with van der Waals surface area (Å²) < 4.78 is 21.4. The van der Waals surface area contributed by atoms with Crippen LogP contribution in [0.15, 0.2) is 49.2 Å². The molecule has 10 heteroatoms. The van der Waals surface area contributed by atoms with Crippen LogP contribution in [0.2, 0.25) is 0 Å². The van der Waals surface area contributed by atoms with E-state index in [1.807, 2.05) is 30.7 Å². The molecular weight excluding hydrogens is 459 g/mol. The Bertz CT molecular complexity index is 1360. The van der Waals surface area contributed by atoms with Gasteiger partial charge in [0.25, 0.3) is 0 Å². The van der Waals surface area contributed by atoms with Crippen molar-refractivity contribution in [2.45, 2.75) is 44.9 Å². The van der Waals surface area contributed by atoms with Crippen LogP contribution in [0.5, 0.6) is 0 Å². The van der Waals surface area contributed by atoms with E-state index in [4.69, 9.17) is 21.2 Å².